The number of halogens is 1. The molecule has 4 heteroatoms. The second kappa shape index (κ2) is 7.83. The molecule has 0 atom stereocenters. The Morgan fingerprint density at radius 1 is 1.36 bits per heavy atom. The average Bonchev–Trinajstić information content (AvgIpc) is 2.07. The van der Waals surface area contributed by atoms with Crippen molar-refractivity contribution in [3.8, 4) is 0 Å². The molecular formula is C10H17ClO2S. The summed E-state index contributed by atoms with van der Waals surface area (Å²) in [7, 11) is 1.49. The van der Waals surface area contributed by atoms with E-state index in [1.165, 1.54) is 6.08 Å². The molecule has 0 saturated carbocycles. The van der Waals surface area contributed by atoms with Crippen LogP contribution in [0.5, 0.6) is 0 Å². The molecule has 0 aliphatic rings. The van der Waals surface area contributed by atoms with E-state index in [0.29, 0.717) is 5.57 Å². The van der Waals surface area contributed by atoms with Crippen LogP contribution in [-0.4, -0.2) is 8.42 Å². The zero-order chi connectivity index (χ0) is 11.8. The summed E-state index contributed by atoms with van der Waals surface area (Å²) in [6, 6.07) is 0. The molecule has 0 aromatic carbocycles. The number of allylic oxidation sites excluding steroid dienone is 4. The lowest BCUT2D eigenvalue weighted by Crippen LogP contribution is -1.94. The maximum Gasteiger partial charge on any atom is 0.261 e. The van der Waals surface area contributed by atoms with Crippen molar-refractivity contribution < 1.29 is 8.42 Å². The number of rotatable bonds is 3. The van der Waals surface area contributed by atoms with Gasteiger partial charge in [0, 0.05) is 10.7 Å². The first-order valence-electron chi connectivity index (χ1n) is 4.34. The lowest BCUT2D eigenvalue weighted by molar-refractivity contribution is 0.615. The van der Waals surface area contributed by atoms with Crippen LogP contribution in [0.1, 0.15) is 27.7 Å². The fourth-order valence-corrected chi connectivity index (χ4v) is 1.99. The Kier molecular flexibility index (Phi) is 8.89. The molecule has 0 aliphatic heterocycles. The highest BCUT2D eigenvalue weighted by Crippen LogP contribution is 2.18. The minimum absolute atomic E-state index is 0.0577. The summed E-state index contributed by atoms with van der Waals surface area (Å²) in [6.45, 7) is 10.8. The lowest BCUT2D eigenvalue weighted by Gasteiger charge is -1.98. The SMILES string of the molecule is C=C/C(=C(C)\C=C/C)S(=O)(=O)Cl.CC. The summed E-state index contributed by atoms with van der Waals surface area (Å²) >= 11 is 0. The Morgan fingerprint density at radius 3 is 2.00 bits per heavy atom. The van der Waals surface area contributed by atoms with E-state index in [2.05, 4.69) is 6.58 Å². The van der Waals surface area contributed by atoms with E-state index in [1.807, 2.05) is 13.8 Å². The van der Waals surface area contributed by atoms with Crippen LogP contribution >= 0.6 is 10.7 Å². The van der Waals surface area contributed by atoms with Crippen molar-refractivity contribution in [2.45, 2.75) is 27.7 Å². The summed E-state index contributed by atoms with van der Waals surface area (Å²) in [6.07, 6.45) is 4.63. The van der Waals surface area contributed by atoms with Crippen molar-refractivity contribution >= 4 is 19.7 Å². The second-order valence-corrected chi connectivity index (χ2v) is 4.72. The van der Waals surface area contributed by atoms with Gasteiger partial charge in [0.05, 0.1) is 4.91 Å². The van der Waals surface area contributed by atoms with E-state index in [0.717, 1.165) is 0 Å². The molecule has 0 aromatic rings. The Labute approximate surface area is 91.4 Å². The summed E-state index contributed by atoms with van der Waals surface area (Å²) in [5.74, 6) is 0. The molecule has 0 N–H and O–H groups in total. The van der Waals surface area contributed by atoms with Crippen molar-refractivity contribution in [3.05, 3.63) is 35.3 Å². The Bertz CT molecular complexity index is 324. The molecule has 0 heterocycles. The molecule has 0 spiro atoms. The van der Waals surface area contributed by atoms with E-state index in [4.69, 9.17) is 10.7 Å². The molecule has 0 rings (SSSR count). The standard InChI is InChI=1S/C8H11ClO2S.C2H6/c1-4-6-7(3)8(5-2)12(9,10)11;1-2/h4-6H,2H2,1,3H3;1-2H3/b6-4-,8-7+;. The van der Waals surface area contributed by atoms with Gasteiger partial charge in [0.15, 0.2) is 0 Å². The molecule has 0 radical (unpaired) electrons. The quantitative estimate of drug-likeness (QED) is 0.554. The third kappa shape index (κ3) is 6.00. The van der Waals surface area contributed by atoms with Crippen LogP contribution in [0.4, 0.5) is 0 Å². The van der Waals surface area contributed by atoms with Crippen molar-refractivity contribution in [2.24, 2.45) is 0 Å². The molecule has 0 saturated heterocycles. The third-order valence-electron chi connectivity index (χ3n) is 1.25. The first-order valence-corrected chi connectivity index (χ1v) is 6.65. The highest BCUT2D eigenvalue weighted by molar-refractivity contribution is 8.17. The van der Waals surface area contributed by atoms with Crippen molar-refractivity contribution in [1.82, 2.24) is 0 Å². The maximum atomic E-state index is 10.9. The summed E-state index contributed by atoms with van der Waals surface area (Å²) in [5, 5.41) is 0. The van der Waals surface area contributed by atoms with Gasteiger partial charge >= 0.3 is 0 Å². The van der Waals surface area contributed by atoms with Crippen LogP contribution in [0.2, 0.25) is 0 Å². The average molecular weight is 237 g/mol. The topological polar surface area (TPSA) is 34.1 Å². The van der Waals surface area contributed by atoms with E-state index < -0.39 is 9.05 Å². The summed E-state index contributed by atoms with van der Waals surface area (Å²) in [4.78, 5) is 0.0577. The molecule has 0 amide bonds. The lowest BCUT2D eigenvalue weighted by atomic mass is 10.2. The fourth-order valence-electron chi connectivity index (χ4n) is 0.785. The monoisotopic (exact) mass is 236 g/mol. The highest BCUT2D eigenvalue weighted by Gasteiger charge is 2.11. The zero-order valence-electron chi connectivity index (χ0n) is 9.04. The Hall–Kier alpha value is -0.540. The van der Waals surface area contributed by atoms with Crippen molar-refractivity contribution in [2.75, 3.05) is 0 Å². The number of hydrogen-bond acceptors (Lipinski definition) is 2. The van der Waals surface area contributed by atoms with Crippen molar-refractivity contribution in [3.63, 3.8) is 0 Å². The van der Waals surface area contributed by atoms with Gasteiger partial charge in [0.2, 0.25) is 0 Å². The third-order valence-corrected chi connectivity index (χ3v) is 2.77. The van der Waals surface area contributed by atoms with Crippen LogP contribution in [0.3, 0.4) is 0 Å². The molecule has 0 bridgehead atoms. The summed E-state index contributed by atoms with van der Waals surface area (Å²) < 4.78 is 21.8. The minimum atomic E-state index is -3.65. The van der Waals surface area contributed by atoms with Gasteiger partial charge < -0.3 is 0 Å². The maximum absolute atomic E-state index is 10.9. The van der Waals surface area contributed by atoms with Crippen LogP contribution < -0.4 is 0 Å². The van der Waals surface area contributed by atoms with Crippen LogP contribution in [-0.2, 0) is 9.05 Å². The number of hydrogen-bond donors (Lipinski definition) is 0. The smallest absolute Gasteiger partial charge is 0.207 e. The Morgan fingerprint density at radius 2 is 1.79 bits per heavy atom. The van der Waals surface area contributed by atoms with Crippen LogP contribution in [0, 0.1) is 0 Å². The molecule has 82 valence electrons. The van der Waals surface area contributed by atoms with Gasteiger partial charge in [-0.1, -0.05) is 32.6 Å². The van der Waals surface area contributed by atoms with E-state index >= 15 is 0 Å². The highest BCUT2D eigenvalue weighted by atomic mass is 35.7. The van der Waals surface area contributed by atoms with E-state index in [-0.39, 0.29) is 4.91 Å². The van der Waals surface area contributed by atoms with Gasteiger partial charge in [-0.2, -0.15) is 0 Å². The van der Waals surface area contributed by atoms with E-state index in [9.17, 15) is 8.42 Å². The largest absolute Gasteiger partial charge is 0.261 e. The van der Waals surface area contributed by atoms with Gasteiger partial charge in [-0.15, -0.1) is 0 Å². The molecule has 2 nitrogen and oxygen atoms in total. The minimum Gasteiger partial charge on any atom is -0.207 e. The van der Waals surface area contributed by atoms with Gasteiger partial charge in [-0.05, 0) is 25.5 Å². The molecule has 14 heavy (non-hydrogen) atoms. The van der Waals surface area contributed by atoms with Crippen LogP contribution in [0.25, 0.3) is 0 Å². The summed E-state index contributed by atoms with van der Waals surface area (Å²) in [5.41, 5.74) is 0.586. The molecule has 0 aliphatic carbocycles. The molecule has 0 aromatic heterocycles. The fraction of sp³-hybridized carbons (Fsp3) is 0.400. The normalized spacial score (nSPS) is 12.9. The van der Waals surface area contributed by atoms with Crippen LogP contribution in [0.15, 0.2) is 35.3 Å². The first-order chi connectivity index (χ1) is 6.43. The van der Waals surface area contributed by atoms with E-state index in [1.54, 1.807) is 26.0 Å². The second-order valence-electron chi connectivity index (χ2n) is 2.19. The molecule has 0 fully saturated rings. The van der Waals surface area contributed by atoms with Gasteiger partial charge in [-0.25, -0.2) is 8.42 Å². The van der Waals surface area contributed by atoms with Gasteiger partial charge in [0.1, 0.15) is 0 Å². The van der Waals surface area contributed by atoms with Crippen molar-refractivity contribution in [1.29, 1.82) is 0 Å². The zero-order valence-corrected chi connectivity index (χ0v) is 10.6. The Balaban J connectivity index is 0. The molecule has 0 unspecified atom stereocenters. The molecular weight excluding hydrogens is 220 g/mol. The first kappa shape index (κ1) is 15.9. The van der Waals surface area contributed by atoms with Gasteiger partial charge in [-0.3, -0.25) is 0 Å². The van der Waals surface area contributed by atoms with Gasteiger partial charge in [0.25, 0.3) is 9.05 Å². The predicted octanol–water partition coefficient (Wildman–Crippen LogP) is 3.62. The predicted molar refractivity (Wildman–Crippen MR) is 63.8 cm³/mol.